The third-order valence-electron chi connectivity index (χ3n) is 3.11. The molecule has 0 aliphatic rings. The highest BCUT2D eigenvalue weighted by Crippen LogP contribution is 2.16. The zero-order valence-electron chi connectivity index (χ0n) is 10.7. The average molecular weight is 219 g/mol. The summed E-state index contributed by atoms with van der Waals surface area (Å²) in [4.78, 5) is 0. The minimum absolute atomic E-state index is 0.792. The maximum atomic E-state index is 5.67. The van der Waals surface area contributed by atoms with Crippen LogP contribution in [0.5, 0.6) is 0 Å². The van der Waals surface area contributed by atoms with Crippen LogP contribution in [0.3, 0.4) is 0 Å². The Morgan fingerprint density at radius 3 is 2.38 bits per heavy atom. The van der Waals surface area contributed by atoms with Gasteiger partial charge in [-0.25, -0.2) is 0 Å². The van der Waals surface area contributed by atoms with Crippen molar-refractivity contribution in [3.63, 3.8) is 0 Å². The van der Waals surface area contributed by atoms with E-state index in [4.69, 9.17) is 5.73 Å². The van der Waals surface area contributed by atoms with Crippen molar-refractivity contribution in [2.24, 2.45) is 5.92 Å². The van der Waals surface area contributed by atoms with Crippen molar-refractivity contribution in [1.29, 1.82) is 0 Å². The summed E-state index contributed by atoms with van der Waals surface area (Å²) >= 11 is 0. The predicted octanol–water partition coefficient (Wildman–Crippen LogP) is 4.42. The zero-order valence-corrected chi connectivity index (χ0v) is 10.7. The second-order valence-electron chi connectivity index (χ2n) is 4.90. The lowest BCUT2D eigenvalue weighted by molar-refractivity contribution is 0.487. The van der Waals surface area contributed by atoms with Gasteiger partial charge in [0.1, 0.15) is 0 Å². The van der Waals surface area contributed by atoms with Crippen LogP contribution in [0.1, 0.15) is 51.5 Å². The van der Waals surface area contributed by atoms with Gasteiger partial charge in [-0.1, -0.05) is 58.1 Å². The van der Waals surface area contributed by atoms with Crippen molar-refractivity contribution >= 4 is 5.69 Å². The highest BCUT2D eigenvalue weighted by Gasteiger charge is 2.03. The topological polar surface area (TPSA) is 26.0 Å². The fourth-order valence-electron chi connectivity index (χ4n) is 2.08. The molecule has 0 amide bonds. The third kappa shape index (κ3) is 5.20. The lowest BCUT2D eigenvalue weighted by atomic mass is 9.95. The van der Waals surface area contributed by atoms with Gasteiger partial charge in [-0.2, -0.15) is 0 Å². The Kier molecular flexibility index (Phi) is 5.99. The highest BCUT2D eigenvalue weighted by molar-refractivity contribution is 5.39. The quantitative estimate of drug-likeness (QED) is 0.533. The molecule has 0 heterocycles. The molecular formula is C15H25N. The van der Waals surface area contributed by atoms with E-state index >= 15 is 0 Å². The first kappa shape index (κ1) is 13.1. The Labute approximate surface area is 100 Å². The Balaban J connectivity index is 2.23. The van der Waals surface area contributed by atoms with Crippen molar-refractivity contribution in [2.75, 3.05) is 5.73 Å². The first-order valence-electron chi connectivity index (χ1n) is 6.56. The van der Waals surface area contributed by atoms with Crippen LogP contribution in [0, 0.1) is 5.92 Å². The second-order valence-corrected chi connectivity index (χ2v) is 4.90. The first-order chi connectivity index (χ1) is 7.72. The fraction of sp³-hybridized carbons (Fsp3) is 0.600. The number of benzene rings is 1. The molecule has 0 spiro atoms. The van der Waals surface area contributed by atoms with Crippen LogP contribution in [0.15, 0.2) is 24.3 Å². The van der Waals surface area contributed by atoms with Crippen LogP contribution in [0.2, 0.25) is 0 Å². The molecule has 0 fully saturated rings. The maximum absolute atomic E-state index is 5.67. The Morgan fingerprint density at radius 2 is 1.75 bits per heavy atom. The Hall–Kier alpha value is -0.980. The van der Waals surface area contributed by atoms with Gasteiger partial charge in [0, 0.05) is 5.69 Å². The molecule has 16 heavy (non-hydrogen) atoms. The number of nitrogen functional groups attached to an aromatic ring is 1. The standard InChI is InChI=1S/C15H25N/c1-3-4-5-6-7-13(2)12-14-8-10-15(16)11-9-14/h8-11,13H,3-7,12,16H2,1-2H3. The second kappa shape index (κ2) is 7.32. The van der Waals surface area contributed by atoms with Gasteiger partial charge in [0.25, 0.3) is 0 Å². The fourth-order valence-corrected chi connectivity index (χ4v) is 2.08. The highest BCUT2D eigenvalue weighted by atomic mass is 14.5. The van der Waals surface area contributed by atoms with Gasteiger partial charge >= 0.3 is 0 Å². The van der Waals surface area contributed by atoms with E-state index in [-0.39, 0.29) is 0 Å². The van der Waals surface area contributed by atoms with Crippen molar-refractivity contribution in [3.8, 4) is 0 Å². The lowest BCUT2D eigenvalue weighted by Crippen LogP contribution is -2.00. The first-order valence-corrected chi connectivity index (χ1v) is 6.56. The van der Waals surface area contributed by atoms with Gasteiger partial charge in [-0.15, -0.1) is 0 Å². The molecule has 0 aliphatic carbocycles. The van der Waals surface area contributed by atoms with Gasteiger partial charge in [0.2, 0.25) is 0 Å². The smallest absolute Gasteiger partial charge is 0.0314 e. The Morgan fingerprint density at radius 1 is 1.06 bits per heavy atom. The number of nitrogens with two attached hydrogens (primary N) is 1. The monoisotopic (exact) mass is 219 g/mol. The molecule has 0 bridgehead atoms. The maximum Gasteiger partial charge on any atom is 0.0314 e. The number of rotatable bonds is 7. The minimum Gasteiger partial charge on any atom is -0.399 e. The number of hydrogen-bond acceptors (Lipinski definition) is 1. The van der Waals surface area contributed by atoms with Crippen LogP contribution in [0.4, 0.5) is 5.69 Å². The molecular weight excluding hydrogens is 194 g/mol. The van der Waals surface area contributed by atoms with Gasteiger partial charge < -0.3 is 5.73 Å². The normalized spacial score (nSPS) is 12.6. The summed E-state index contributed by atoms with van der Waals surface area (Å²) in [5.74, 6) is 0.792. The van der Waals surface area contributed by atoms with E-state index in [9.17, 15) is 0 Å². The van der Waals surface area contributed by atoms with Gasteiger partial charge in [-0.3, -0.25) is 0 Å². The molecule has 1 heteroatoms. The summed E-state index contributed by atoms with van der Waals surface area (Å²) in [5.41, 5.74) is 7.95. The van der Waals surface area contributed by atoms with Crippen LogP contribution in [-0.2, 0) is 6.42 Å². The molecule has 1 aromatic rings. The van der Waals surface area contributed by atoms with E-state index in [1.165, 1.54) is 44.1 Å². The van der Waals surface area contributed by atoms with Gasteiger partial charge in [0.15, 0.2) is 0 Å². The van der Waals surface area contributed by atoms with E-state index in [2.05, 4.69) is 26.0 Å². The summed E-state index contributed by atoms with van der Waals surface area (Å²) in [6.45, 7) is 4.61. The molecule has 0 saturated heterocycles. The number of hydrogen-bond donors (Lipinski definition) is 1. The van der Waals surface area contributed by atoms with E-state index in [1.807, 2.05) is 12.1 Å². The van der Waals surface area contributed by atoms with Crippen molar-refractivity contribution in [2.45, 2.75) is 52.4 Å². The minimum atomic E-state index is 0.792. The molecule has 0 aliphatic heterocycles. The molecule has 1 atom stereocenters. The van der Waals surface area contributed by atoms with E-state index in [0.717, 1.165) is 11.6 Å². The van der Waals surface area contributed by atoms with Crippen LogP contribution in [-0.4, -0.2) is 0 Å². The molecule has 0 radical (unpaired) electrons. The molecule has 1 unspecified atom stereocenters. The molecule has 90 valence electrons. The van der Waals surface area contributed by atoms with E-state index in [0.29, 0.717) is 0 Å². The van der Waals surface area contributed by atoms with Crippen LogP contribution < -0.4 is 5.73 Å². The molecule has 1 nitrogen and oxygen atoms in total. The van der Waals surface area contributed by atoms with E-state index < -0.39 is 0 Å². The largest absolute Gasteiger partial charge is 0.399 e. The number of anilines is 1. The van der Waals surface area contributed by atoms with Crippen LogP contribution in [0.25, 0.3) is 0 Å². The predicted molar refractivity (Wildman–Crippen MR) is 72.5 cm³/mol. The summed E-state index contributed by atoms with van der Waals surface area (Å²) in [5, 5.41) is 0. The molecule has 1 aromatic carbocycles. The molecule has 2 N–H and O–H groups in total. The molecule has 1 rings (SSSR count). The SMILES string of the molecule is CCCCCCC(C)Cc1ccc(N)cc1. The van der Waals surface area contributed by atoms with Gasteiger partial charge in [0.05, 0.1) is 0 Å². The lowest BCUT2D eigenvalue weighted by Gasteiger charge is -2.11. The number of unbranched alkanes of at least 4 members (excludes halogenated alkanes) is 3. The third-order valence-corrected chi connectivity index (χ3v) is 3.11. The Bertz CT molecular complexity index is 276. The zero-order chi connectivity index (χ0) is 11.8. The summed E-state index contributed by atoms with van der Waals surface area (Å²) in [7, 11) is 0. The van der Waals surface area contributed by atoms with Crippen molar-refractivity contribution < 1.29 is 0 Å². The summed E-state index contributed by atoms with van der Waals surface area (Å²) in [6, 6.07) is 8.30. The van der Waals surface area contributed by atoms with Gasteiger partial charge in [-0.05, 0) is 30.0 Å². The average Bonchev–Trinajstić information content (AvgIpc) is 2.28. The summed E-state index contributed by atoms with van der Waals surface area (Å²) in [6.07, 6.45) is 8.02. The molecule has 0 aromatic heterocycles. The van der Waals surface area contributed by atoms with Crippen molar-refractivity contribution in [3.05, 3.63) is 29.8 Å². The van der Waals surface area contributed by atoms with Crippen LogP contribution >= 0.6 is 0 Å². The summed E-state index contributed by atoms with van der Waals surface area (Å²) < 4.78 is 0. The molecule has 0 saturated carbocycles. The van der Waals surface area contributed by atoms with Crippen molar-refractivity contribution in [1.82, 2.24) is 0 Å². The van der Waals surface area contributed by atoms with E-state index in [1.54, 1.807) is 0 Å².